The Morgan fingerprint density at radius 1 is 1.33 bits per heavy atom. The lowest BCUT2D eigenvalue weighted by molar-refractivity contribution is -0.129. The van der Waals surface area contributed by atoms with E-state index in [4.69, 9.17) is 0 Å². The van der Waals surface area contributed by atoms with Crippen LogP contribution < -0.4 is 5.32 Å². The van der Waals surface area contributed by atoms with Gasteiger partial charge in [0.25, 0.3) is 0 Å². The Labute approximate surface area is 109 Å². The van der Waals surface area contributed by atoms with Gasteiger partial charge in [0, 0.05) is 18.3 Å². The second-order valence-electron chi connectivity index (χ2n) is 5.06. The number of nitrogens with zero attached hydrogens (tertiary/aromatic N) is 1. The Morgan fingerprint density at radius 3 is 2.61 bits per heavy atom. The number of carbonyl (C=O) groups is 1. The van der Waals surface area contributed by atoms with Crippen LogP contribution in [0.2, 0.25) is 0 Å². The minimum Gasteiger partial charge on any atom is -0.376 e. The van der Waals surface area contributed by atoms with Gasteiger partial charge in [-0.1, -0.05) is 6.07 Å². The third-order valence-corrected chi connectivity index (χ3v) is 3.60. The summed E-state index contributed by atoms with van der Waals surface area (Å²) in [7, 11) is 0. The number of likely N-dealkylation sites (N-methyl/N-ethyl adjacent to an activating group) is 1. The van der Waals surface area contributed by atoms with Crippen molar-refractivity contribution in [3.05, 3.63) is 29.3 Å². The molecule has 1 aromatic carbocycles. The van der Waals surface area contributed by atoms with Gasteiger partial charge in [-0.15, -0.1) is 0 Å². The molecule has 3 nitrogen and oxygen atoms in total. The summed E-state index contributed by atoms with van der Waals surface area (Å²) in [5, 5.41) is 3.22. The van der Waals surface area contributed by atoms with E-state index in [1.165, 1.54) is 24.0 Å². The first-order valence-corrected chi connectivity index (χ1v) is 6.72. The van der Waals surface area contributed by atoms with Gasteiger partial charge in [0.1, 0.15) is 0 Å². The van der Waals surface area contributed by atoms with Gasteiger partial charge in [0.2, 0.25) is 5.91 Å². The number of hydrogen-bond acceptors (Lipinski definition) is 2. The van der Waals surface area contributed by atoms with Gasteiger partial charge in [0.05, 0.1) is 6.54 Å². The topological polar surface area (TPSA) is 32.3 Å². The molecule has 0 heterocycles. The highest BCUT2D eigenvalue weighted by atomic mass is 16.2. The Bertz CT molecular complexity index is 438. The summed E-state index contributed by atoms with van der Waals surface area (Å²) in [5.74, 6) is 0.207. The molecule has 1 aromatic rings. The van der Waals surface area contributed by atoms with E-state index < -0.39 is 0 Å². The average Bonchev–Trinajstić information content (AvgIpc) is 3.16. The predicted octanol–water partition coefficient (Wildman–Crippen LogP) is 2.73. The molecule has 0 aromatic heterocycles. The van der Waals surface area contributed by atoms with Crippen molar-refractivity contribution in [2.75, 3.05) is 18.4 Å². The zero-order chi connectivity index (χ0) is 13.1. The SMILES string of the molecule is CCN(C(=O)CNc1ccc(C)c(C)c1)C1CC1. The summed E-state index contributed by atoms with van der Waals surface area (Å²) < 4.78 is 0. The molecular weight excluding hydrogens is 224 g/mol. The lowest BCUT2D eigenvalue weighted by atomic mass is 10.1. The normalized spacial score (nSPS) is 14.4. The first kappa shape index (κ1) is 12.9. The molecule has 0 bridgehead atoms. The zero-order valence-corrected chi connectivity index (χ0v) is 11.5. The van der Waals surface area contributed by atoms with Crippen LogP contribution in [0.5, 0.6) is 0 Å². The van der Waals surface area contributed by atoms with Gasteiger partial charge in [-0.2, -0.15) is 0 Å². The van der Waals surface area contributed by atoms with Gasteiger partial charge < -0.3 is 10.2 Å². The van der Waals surface area contributed by atoms with E-state index in [9.17, 15) is 4.79 Å². The van der Waals surface area contributed by atoms with Gasteiger partial charge in [-0.05, 0) is 56.9 Å². The standard InChI is InChI=1S/C15H22N2O/c1-4-17(14-7-8-14)15(18)10-16-13-6-5-11(2)12(3)9-13/h5-6,9,14,16H,4,7-8,10H2,1-3H3. The zero-order valence-electron chi connectivity index (χ0n) is 11.5. The Balaban J connectivity index is 1.90. The van der Waals surface area contributed by atoms with Crippen LogP contribution in [-0.4, -0.2) is 29.9 Å². The van der Waals surface area contributed by atoms with Crippen LogP contribution in [0.15, 0.2) is 18.2 Å². The van der Waals surface area contributed by atoms with E-state index in [0.29, 0.717) is 12.6 Å². The van der Waals surface area contributed by atoms with E-state index in [2.05, 4.69) is 31.3 Å². The van der Waals surface area contributed by atoms with Crippen molar-refractivity contribution < 1.29 is 4.79 Å². The maximum absolute atomic E-state index is 12.0. The lowest BCUT2D eigenvalue weighted by Gasteiger charge is -2.21. The Morgan fingerprint density at radius 2 is 2.06 bits per heavy atom. The fourth-order valence-corrected chi connectivity index (χ4v) is 2.15. The number of nitrogens with one attached hydrogen (secondary N) is 1. The largest absolute Gasteiger partial charge is 0.376 e. The third-order valence-electron chi connectivity index (χ3n) is 3.60. The second kappa shape index (κ2) is 5.42. The number of hydrogen-bond donors (Lipinski definition) is 1. The number of carbonyl (C=O) groups excluding carboxylic acids is 1. The summed E-state index contributed by atoms with van der Waals surface area (Å²) in [5.41, 5.74) is 3.56. The fraction of sp³-hybridized carbons (Fsp3) is 0.533. The number of anilines is 1. The predicted molar refractivity (Wildman–Crippen MR) is 74.8 cm³/mol. The molecule has 1 fully saturated rings. The van der Waals surface area contributed by atoms with E-state index in [1.54, 1.807) is 0 Å². The molecule has 0 aliphatic heterocycles. The molecule has 0 radical (unpaired) electrons. The fourth-order valence-electron chi connectivity index (χ4n) is 2.15. The molecule has 3 heteroatoms. The van der Waals surface area contributed by atoms with Gasteiger partial charge in [0.15, 0.2) is 0 Å². The van der Waals surface area contributed by atoms with Crippen molar-refractivity contribution in [2.24, 2.45) is 0 Å². The average molecular weight is 246 g/mol. The van der Waals surface area contributed by atoms with Crippen LogP contribution in [0.1, 0.15) is 30.9 Å². The minimum absolute atomic E-state index is 0.207. The van der Waals surface area contributed by atoms with Gasteiger partial charge >= 0.3 is 0 Å². The molecule has 0 atom stereocenters. The number of amides is 1. The molecule has 18 heavy (non-hydrogen) atoms. The van der Waals surface area contributed by atoms with Crippen molar-refractivity contribution in [2.45, 2.75) is 39.7 Å². The second-order valence-corrected chi connectivity index (χ2v) is 5.06. The molecule has 0 spiro atoms. The van der Waals surface area contributed by atoms with Gasteiger partial charge in [-0.3, -0.25) is 4.79 Å². The maximum Gasteiger partial charge on any atom is 0.242 e. The van der Waals surface area contributed by atoms with Crippen LogP contribution in [0.25, 0.3) is 0 Å². The first-order valence-electron chi connectivity index (χ1n) is 6.72. The van der Waals surface area contributed by atoms with Crippen LogP contribution in [0.4, 0.5) is 5.69 Å². The number of aryl methyl sites for hydroxylation is 2. The third kappa shape index (κ3) is 3.03. The molecule has 1 aliphatic carbocycles. The highest BCUT2D eigenvalue weighted by molar-refractivity contribution is 5.81. The van der Waals surface area contributed by atoms with E-state index >= 15 is 0 Å². The highest BCUT2D eigenvalue weighted by Crippen LogP contribution is 2.26. The highest BCUT2D eigenvalue weighted by Gasteiger charge is 2.30. The van der Waals surface area contributed by atoms with Crippen LogP contribution >= 0.6 is 0 Å². The van der Waals surface area contributed by atoms with E-state index in [1.807, 2.05) is 17.9 Å². The van der Waals surface area contributed by atoms with Crippen LogP contribution in [0.3, 0.4) is 0 Å². The summed E-state index contributed by atoms with van der Waals surface area (Å²) >= 11 is 0. The van der Waals surface area contributed by atoms with Gasteiger partial charge in [-0.25, -0.2) is 0 Å². The minimum atomic E-state index is 0.207. The van der Waals surface area contributed by atoms with Crippen molar-refractivity contribution in [1.82, 2.24) is 4.90 Å². The maximum atomic E-state index is 12.0. The summed E-state index contributed by atoms with van der Waals surface area (Å²) in [6.45, 7) is 7.44. The quantitative estimate of drug-likeness (QED) is 0.866. The summed E-state index contributed by atoms with van der Waals surface area (Å²) in [6.07, 6.45) is 2.34. The van der Waals surface area contributed by atoms with Crippen molar-refractivity contribution >= 4 is 11.6 Å². The molecular formula is C15H22N2O. The molecule has 1 N–H and O–H groups in total. The van der Waals surface area contributed by atoms with E-state index in [-0.39, 0.29) is 5.91 Å². The van der Waals surface area contributed by atoms with Crippen LogP contribution in [0, 0.1) is 13.8 Å². The molecule has 98 valence electrons. The first-order chi connectivity index (χ1) is 8.61. The number of rotatable bonds is 5. The lowest BCUT2D eigenvalue weighted by Crippen LogP contribution is -2.37. The molecule has 1 saturated carbocycles. The van der Waals surface area contributed by atoms with Crippen LogP contribution in [-0.2, 0) is 4.79 Å². The smallest absolute Gasteiger partial charge is 0.242 e. The molecule has 1 aliphatic rings. The molecule has 0 saturated heterocycles. The van der Waals surface area contributed by atoms with Crippen molar-refractivity contribution in [3.63, 3.8) is 0 Å². The molecule has 0 unspecified atom stereocenters. The molecule has 1 amide bonds. The summed E-state index contributed by atoms with van der Waals surface area (Å²) in [6, 6.07) is 6.71. The number of benzene rings is 1. The van der Waals surface area contributed by atoms with Crippen molar-refractivity contribution in [3.8, 4) is 0 Å². The Hall–Kier alpha value is -1.51. The molecule has 2 rings (SSSR count). The Kier molecular flexibility index (Phi) is 3.90. The van der Waals surface area contributed by atoms with Crippen molar-refractivity contribution in [1.29, 1.82) is 0 Å². The van der Waals surface area contributed by atoms with E-state index in [0.717, 1.165) is 12.2 Å². The summed E-state index contributed by atoms with van der Waals surface area (Å²) in [4.78, 5) is 14.0. The monoisotopic (exact) mass is 246 g/mol.